The van der Waals surface area contributed by atoms with Crippen LogP contribution in [0.4, 0.5) is 10.5 Å². The summed E-state index contributed by atoms with van der Waals surface area (Å²) in [6.07, 6.45) is 6.65. The van der Waals surface area contributed by atoms with Crippen molar-refractivity contribution in [3.8, 4) is 0 Å². The van der Waals surface area contributed by atoms with Crippen LogP contribution in [0.1, 0.15) is 5.56 Å². The number of anilines is 1. The van der Waals surface area contributed by atoms with Crippen LogP contribution in [0.5, 0.6) is 0 Å². The normalized spacial score (nSPS) is 9.65. The molecule has 17 heavy (non-hydrogen) atoms. The Labute approximate surface area is 98.9 Å². The number of carbonyl (C=O) groups is 1. The van der Waals surface area contributed by atoms with Crippen molar-refractivity contribution in [2.75, 3.05) is 5.32 Å². The third kappa shape index (κ3) is 3.57. The Balaban J connectivity index is 1.83. The Kier molecular flexibility index (Phi) is 3.64. The molecule has 2 aromatic rings. The molecule has 0 saturated heterocycles. The number of aromatic nitrogens is 2. The molecule has 0 aliphatic rings. The Bertz CT molecular complexity index is 472. The molecular formula is C12H12N4O. The van der Waals surface area contributed by atoms with Crippen molar-refractivity contribution in [3.63, 3.8) is 0 Å². The summed E-state index contributed by atoms with van der Waals surface area (Å²) in [5.41, 5.74) is 1.67. The van der Waals surface area contributed by atoms with Crippen molar-refractivity contribution in [2.24, 2.45) is 0 Å². The summed E-state index contributed by atoms with van der Waals surface area (Å²) in [6.45, 7) is 0.449. The van der Waals surface area contributed by atoms with Crippen molar-refractivity contribution >= 4 is 11.7 Å². The van der Waals surface area contributed by atoms with E-state index in [-0.39, 0.29) is 6.03 Å². The van der Waals surface area contributed by atoms with Crippen molar-refractivity contribution in [1.29, 1.82) is 0 Å². The van der Waals surface area contributed by atoms with Gasteiger partial charge in [0, 0.05) is 37.0 Å². The minimum absolute atomic E-state index is 0.250. The van der Waals surface area contributed by atoms with Crippen molar-refractivity contribution < 1.29 is 4.79 Å². The minimum atomic E-state index is -0.250. The van der Waals surface area contributed by atoms with Crippen molar-refractivity contribution in [3.05, 3.63) is 54.6 Å². The quantitative estimate of drug-likeness (QED) is 0.841. The van der Waals surface area contributed by atoms with Gasteiger partial charge in [-0.15, -0.1) is 0 Å². The van der Waals surface area contributed by atoms with E-state index >= 15 is 0 Å². The van der Waals surface area contributed by atoms with Gasteiger partial charge in [-0.05, 0) is 23.8 Å². The molecule has 5 heteroatoms. The van der Waals surface area contributed by atoms with Crippen molar-refractivity contribution in [1.82, 2.24) is 15.3 Å². The first-order chi connectivity index (χ1) is 8.34. The lowest BCUT2D eigenvalue weighted by molar-refractivity contribution is 0.251. The Morgan fingerprint density at radius 1 is 1.12 bits per heavy atom. The fourth-order valence-corrected chi connectivity index (χ4v) is 1.30. The summed E-state index contributed by atoms with van der Waals surface area (Å²) in [4.78, 5) is 19.4. The molecule has 0 radical (unpaired) electrons. The molecule has 2 heterocycles. The number of amides is 2. The predicted molar refractivity (Wildman–Crippen MR) is 64.3 cm³/mol. The van der Waals surface area contributed by atoms with Crippen LogP contribution < -0.4 is 10.6 Å². The number of nitrogens with one attached hydrogen (secondary N) is 2. The number of nitrogens with zero attached hydrogens (tertiary/aromatic N) is 2. The molecule has 86 valence electrons. The van der Waals surface area contributed by atoms with E-state index < -0.39 is 0 Å². The summed E-state index contributed by atoms with van der Waals surface area (Å²) in [7, 11) is 0. The van der Waals surface area contributed by atoms with E-state index in [1.165, 1.54) is 0 Å². The molecule has 0 atom stereocenters. The van der Waals surface area contributed by atoms with E-state index in [4.69, 9.17) is 0 Å². The molecule has 0 aliphatic carbocycles. The lowest BCUT2D eigenvalue weighted by atomic mass is 10.3. The van der Waals surface area contributed by atoms with Crippen LogP contribution in [-0.2, 0) is 6.54 Å². The summed E-state index contributed by atoms with van der Waals surface area (Å²) >= 11 is 0. The summed E-state index contributed by atoms with van der Waals surface area (Å²) in [5, 5.41) is 5.44. The van der Waals surface area contributed by atoms with Gasteiger partial charge in [0.1, 0.15) is 0 Å². The van der Waals surface area contributed by atoms with E-state index in [2.05, 4.69) is 20.6 Å². The fraction of sp³-hybridized carbons (Fsp3) is 0.0833. The first-order valence-electron chi connectivity index (χ1n) is 5.18. The van der Waals surface area contributed by atoms with Gasteiger partial charge >= 0.3 is 6.03 Å². The molecule has 2 rings (SSSR count). The molecule has 0 saturated carbocycles. The number of hydrogen-bond acceptors (Lipinski definition) is 3. The number of hydrogen-bond donors (Lipinski definition) is 2. The largest absolute Gasteiger partial charge is 0.334 e. The van der Waals surface area contributed by atoms with Crippen LogP contribution in [0.3, 0.4) is 0 Å². The van der Waals surface area contributed by atoms with Gasteiger partial charge < -0.3 is 10.6 Å². The lowest BCUT2D eigenvalue weighted by Crippen LogP contribution is -2.28. The average Bonchev–Trinajstić information content (AvgIpc) is 2.39. The molecule has 2 amide bonds. The molecule has 5 nitrogen and oxygen atoms in total. The molecule has 0 unspecified atom stereocenters. The zero-order chi connectivity index (χ0) is 11.9. The second-order valence-electron chi connectivity index (χ2n) is 3.40. The van der Waals surface area contributed by atoms with Crippen LogP contribution in [-0.4, -0.2) is 16.0 Å². The maximum Gasteiger partial charge on any atom is 0.319 e. The highest BCUT2D eigenvalue weighted by molar-refractivity contribution is 5.88. The highest BCUT2D eigenvalue weighted by atomic mass is 16.2. The second-order valence-corrected chi connectivity index (χ2v) is 3.40. The topological polar surface area (TPSA) is 66.9 Å². The maximum atomic E-state index is 11.5. The summed E-state index contributed by atoms with van der Waals surface area (Å²) in [5.74, 6) is 0. The molecule has 0 aliphatic heterocycles. The van der Waals surface area contributed by atoms with Crippen LogP contribution >= 0.6 is 0 Å². The van der Waals surface area contributed by atoms with Gasteiger partial charge in [0.2, 0.25) is 0 Å². The van der Waals surface area contributed by atoms with E-state index in [1.807, 2.05) is 12.1 Å². The highest BCUT2D eigenvalue weighted by Crippen LogP contribution is 2.02. The van der Waals surface area contributed by atoms with Crippen LogP contribution in [0, 0.1) is 0 Å². The smallest absolute Gasteiger partial charge is 0.319 e. The lowest BCUT2D eigenvalue weighted by Gasteiger charge is -2.06. The summed E-state index contributed by atoms with van der Waals surface area (Å²) in [6, 6.07) is 6.94. The van der Waals surface area contributed by atoms with E-state index in [0.29, 0.717) is 12.2 Å². The van der Waals surface area contributed by atoms with Crippen LogP contribution in [0.15, 0.2) is 49.1 Å². The first-order valence-corrected chi connectivity index (χ1v) is 5.18. The van der Waals surface area contributed by atoms with Crippen LogP contribution in [0.2, 0.25) is 0 Å². The highest BCUT2D eigenvalue weighted by Gasteiger charge is 2.00. The molecule has 0 spiro atoms. The van der Waals surface area contributed by atoms with E-state index in [1.54, 1.807) is 36.9 Å². The Morgan fingerprint density at radius 3 is 2.65 bits per heavy atom. The Hall–Kier alpha value is -2.43. The third-order valence-electron chi connectivity index (χ3n) is 2.11. The third-order valence-corrected chi connectivity index (χ3v) is 2.11. The monoisotopic (exact) mass is 228 g/mol. The standard InChI is InChI=1S/C12H12N4O/c17-12(16-11-3-6-13-7-4-11)15-9-10-2-1-5-14-8-10/h1-8H,9H2,(H2,13,15,16,17). The van der Waals surface area contributed by atoms with Gasteiger partial charge in [-0.1, -0.05) is 6.07 Å². The van der Waals surface area contributed by atoms with Gasteiger partial charge in [0.15, 0.2) is 0 Å². The van der Waals surface area contributed by atoms with Gasteiger partial charge in [-0.2, -0.15) is 0 Å². The average molecular weight is 228 g/mol. The van der Waals surface area contributed by atoms with Gasteiger partial charge in [0.25, 0.3) is 0 Å². The summed E-state index contributed by atoms with van der Waals surface area (Å²) < 4.78 is 0. The van der Waals surface area contributed by atoms with Crippen LogP contribution in [0.25, 0.3) is 0 Å². The number of pyridine rings is 2. The fourth-order valence-electron chi connectivity index (χ4n) is 1.30. The number of urea groups is 1. The Morgan fingerprint density at radius 2 is 1.94 bits per heavy atom. The number of rotatable bonds is 3. The minimum Gasteiger partial charge on any atom is -0.334 e. The van der Waals surface area contributed by atoms with Gasteiger partial charge in [-0.25, -0.2) is 4.79 Å². The first kappa shape index (κ1) is 11.1. The van der Waals surface area contributed by atoms with Gasteiger partial charge in [-0.3, -0.25) is 9.97 Å². The number of carbonyl (C=O) groups excluding carboxylic acids is 1. The molecule has 0 bridgehead atoms. The zero-order valence-electron chi connectivity index (χ0n) is 9.13. The van der Waals surface area contributed by atoms with E-state index in [9.17, 15) is 4.79 Å². The molecule has 2 aromatic heterocycles. The predicted octanol–water partition coefficient (Wildman–Crippen LogP) is 1.80. The second kappa shape index (κ2) is 5.60. The van der Waals surface area contributed by atoms with Crippen molar-refractivity contribution in [2.45, 2.75) is 6.54 Å². The zero-order valence-corrected chi connectivity index (χ0v) is 9.13. The molecule has 2 N–H and O–H groups in total. The molecule has 0 fully saturated rings. The molecule has 0 aromatic carbocycles. The van der Waals surface area contributed by atoms with Gasteiger partial charge in [0.05, 0.1) is 0 Å². The maximum absolute atomic E-state index is 11.5. The van der Waals surface area contributed by atoms with E-state index in [0.717, 1.165) is 5.56 Å². The SMILES string of the molecule is O=C(NCc1cccnc1)Nc1ccncc1. The molecular weight excluding hydrogens is 216 g/mol.